The van der Waals surface area contributed by atoms with Gasteiger partial charge in [-0.15, -0.1) is 11.8 Å². The number of aldehydes is 1. The molecule has 0 aliphatic carbocycles. The highest BCUT2D eigenvalue weighted by molar-refractivity contribution is 8.00. The Hall–Kier alpha value is -0.870. The molecule has 0 bridgehead atoms. The molecule has 2 unspecified atom stereocenters. The maximum Gasteiger partial charge on any atom is 0.154 e. The Morgan fingerprint density at radius 2 is 2.38 bits per heavy atom. The van der Waals surface area contributed by atoms with E-state index in [4.69, 9.17) is 4.74 Å². The van der Waals surface area contributed by atoms with E-state index < -0.39 is 5.82 Å². The lowest BCUT2D eigenvalue weighted by atomic mass is 10.2. The number of carbonyl (C=O) groups is 1. The number of ether oxygens (including phenoxy) is 1. The average molecular weight is 240 g/mol. The van der Waals surface area contributed by atoms with E-state index >= 15 is 0 Å². The highest BCUT2D eigenvalue weighted by Gasteiger charge is 2.26. The van der Waals surface area contributed by atoms with Crippen LogP contribution in [0.25, 0.3) is 0 Å². The van der Waals surface area contributed by atoms with Crippen molar-refractivity contribution >= 4 is 18.0 Å². The molecule has 0 spiro atoms. The van der Waals surface area contributed by atoms with Crippen LogP contribution in [0.4, 0.5) is 4.39 Å². The van der Waals surface area contributed by atoms with E-state index in [9.17, 15) is 9.18 Å². The van der Waals surface area contributed by atoms with Gasteiger partial charge >= 0.3 is 0 Å². The highest BCUT2D eigenvalue weighted by Crippen LogP contribution is 2.34. The summed E-state index contributed by atoms with van der Waals surface area (Å²) >= 11 is 1.53. The summed E-state index contributed by atoms with van der Waals surface area (Å²) in [6.45, 7) is 2.75. The molecule has 0 N–H and O–H groups in total. The van der Waals surface area contributed by atoms with Crippen molar-refractivity contribution in [2.75, 3.05) is 6.61 Å². The van der Waals surface area contributed by atoms with E-state index in [1.807, 2.05) is 6.92 Å². The molecule has 1 aromatic rings. The highest BCUT2D eigenvalue weighted by atomic mass is 32.2. The number of carbonyl (C=O) groups excluding carboxylic acids is 1. The normalized spacial score (nSPS) is 24.6. The molecule has 1 saturated heterocycles. The van der Waals surface area contributed by atoms with Crippen molar-refractivity contribution < 1.29 is 13.9 Å². The Bertz CT molecular complexity index is 395. The fourth-order valence-electron chi connectivity index (χ4n) is 1.76. The summed E-state index contributed by atoms with van der Waals surface area (Å²) in [4.78, 5) is 11.5. The predicted octanol–water partition coefficient (Wildman–Crippen LogP) is 2.91. The van der Waals surface area contributed by atoms with Crippen molar-refractivity contribution in [3.05, 3.63) is 29.6 Å². The summed E-state index contributed by atoms with van der Waals surface area (Å²) in [6, 6.07) is 4.72. The molecule has 0 aromatic heterocycles. The third-order valence-corrected chi connectivity index (χ3v) is 4.25. The molecule has 2 nitrogen and oxygen atoms in total. The maximum absolute atomic E-state index is 13.3. The quantitative estimate of drug-likeness (QED) is 0.760. The fraction of sp³-hybridized carbons (Fsp3) is 0.417. The lowest BCUT2D eigenvalue weighted by Gasteiger charge is -2.14. The molecule has 0 saturated carbocycles. The van der Waals surface area contributed by atoms with Gasteiger partial charge in [0.25, 0.3) is 0 Å². The van der Waals surface area contributed by atoms with Crippen LogP contribution in [-0.4, -0.2) is 24.2 Å². The van der Waals surface area contributed by atoms with Gasteiger partial charge in [0.05, 0.1) is 11.7 Å². The van der Waals surface area contributed by atoms with E-state index in [0.717, 1.165) is 13.0 Å². The fourth-order valence-corrected chi connectivity index (χ4v) is 3.00. The molecule has 1 heterocycles. The van der Waals surface area contributed by atoms with E-state index in [-0.39, 0.29) is 11.7 Å². The standard InChI is InChI=1S/C12H13FO2S/c1-8-11(5-6-15-8)16-12-4-2-3-10(13)9(12)7-14/h2-4,7-8,11H,5-6H2,1H3. The first-order valence-electron chi connectivity index (χ1n) is 5.24. The average Bonchev–Trinajstić information content (AvgIpc) is 2.65. The molecule has 1 aliphatic heterocycles. The van der Waals surface area contributed by atoms with Crippen LogP contribution >= 0.6 is 11.8 Å². The zero-order valence-electron chi connectivity index (χ0n) is 8.98. The molecular formula is C12H13FO2S. The van der Waals surface area contributed by atoms with Gasteiger partial charge in [-0.3, -0.25) is 4.79 Å². The molecule has 0 amide bonds. The van der Waals surface area contributed by atoms with Crippen LogP contribution in [0.3, 0.4) is 0 Å². The summed E-state index contributed by atoms with van der Waals surface area (Å²) in [5, 5.41) is 0.306. The van der Waals surface area contributed by atoms with Gasteiger partial charge in [0.2, 0.25) is 0 Å². The number of thioether (sulfide) groups is 1. The van der Waals surface area contributed by atoms with Gasteiger partial charge in [-0.1, -0.05) is 6.07 Å². The van der Waals surface area contributed by atoms with Crippen LogP contribution in [0, 0.1) is 5.82 Å². The number of hydrogen-bond acceptors (Lipinski definition) is 3. The van der Waals surface area contributed by atoms with Crippen molar-refractivity contribution in [1.82, 2.24) is 0 Å². The topological polar surface area (TPSA) is 26.3 Å². The van der Waals surface area contributed by atoms with Gasteiger partial charge in [-0.25, -0.2) is 4.39 Å². The summed E-state index contributed by atoms with van der Waals surface area (Å²) < 4.78 is 18.8. The monoisotopic (exact) mass is 240 g/mol. The van der Waals surface area contributed by atoms with E-state index in [2.05, 4.69) is 0 Å². The first-order valence-corrected chi connectivity index (χ1v) is 6.12. The molecule has 86 valence electrons. The van der Waals surface area contributed by atoms with Gasteiger partial charge < -0.3 is 4.74 Å². The van der Waals surface area contributed by atoms with Gasteiger partial charge in [0, 0.05) is 16.8 Å². The lowest BCUT2D eigenvalue weighted by Crippen LogP contribution is -2.13. The number of halogens is 1. The molecule has 2 atom stereocenters. The Morgan fingerprint density at radius 3 is 3.00 bits per heavy atom. The molecule has 2 rings (SSSR count). The Morgan fingerprint density at radius 1 is 1.56 bits per heavy atom. The van der Waals surface area contributed by atoms with Crippen molar-refractivity contribution in [2.45, 2.75) is 29.6 Å². The van der Waals surface area contributed by atoms with E-state index in [1.165, 1.54) is 17.8 Å². The molecule has 16 heavy (non-hydrogen) atoms. The SMILES string of the molecule is CC1OCCC1Sc1cccc(F)c1C=O. The summed E-state index contributed by atoms with van der Waals surface area (Å²) in [5.74, 6) is -0.452. The third-order valence-electron chi connectivity index (χ3n) is 2.72. The molecule has 1 aromatic carbocycles. The van der Waals surface area contributed by atoms with Gasteiger partial charge in [-0.05, 0) is 25.5 Å². The van der Waals surface area contributed by atoms with Crippen LogP contribution in [0.5, 0.6) is 0 Å². The molecular weight excluding hydrogens is 227 g/mol. The summed E-state index contributed by atoms with van der Waals surface area (Å²) in [5.41, 5.74) is 0.159. The minimum absolute atomic E-state index is 0.159. The minimum atomic E-state index is -0.452. The maximum atomic E-state index is 13.3. The predicted molar refractivity (Wildman–Crippen MR) is 61.5 cm³/mol. The second kappa shape index (κ2) is 4.97. The Balaban J connectivity index is 2.20. The van der Waals surface area contributed by atoms with Crippen LogP contribution in [-0.2, 0) is 4.74 Å². The van der Waals surface area contributed by atoms with E-state index in [0.29, 0.717) is 16.4 Å². The number of benzene rings is 1. The van der Waals surface area contributed by atoms with E-state index in [1.54, 1.807) is 12.1 Å². The van der Waals surface area contributed by atoms with Crippen molar-refractivity contribution in [3.8, 4) is 0 Å². The number of rotatable bonds is 3. The Kier molecular flexibility index (Phi) is 3.61. The van der Waals surface area contributed by atoms with Crippen molar-refractivity contribution in [1.29, 1.82) is 0 Å². The van der Waals surface area contributed by atoms with Crippen LogP contribution < -0.4 is 0 Å². The van der Waals surface area contributed by atoms with Crippen molar-refractivity contribution in [2.24, 2.45) is 0 Å². The smallest absolute Gasteiger partial charge is 0.154 e. The van der Waals surface area contributed by atoms with Crippen LogP contribution in [0.15, 0.2) is 23.1 Å². The molecule has 4 heteroatoms. The number of hydrogen-bond donors (Lipinski definition) is 0. The zero-order valence-corrected chi connectivity index (χ0v) is 9.80. The van der Waals surface area contributed by atoms with Gasteiger partial charge in [0.15, 0.2) is 6.29 Å². The second-order valence-electron chi connectivity index (χ2n) is 3.79. The summed E-state index contributed by atoms with van der Waals surface area (Å²) in [6.07, 6.45) is 1.69. The largest absolute Gasteiger partial charge is 0.377 e. The second-order valence-corrected chi connectivity index (χ2v) is 5.07. The van der Waals surface area contributed by atoms with Gasteiger partial charge in [0.1, 0.15) is 5.82 Å². The molecule has 1 fully saturated rings. The minimum Gasteiger partial charge on any atom is -0.377 e. The lowest BCUT2D eigenvalue weighted by molar-refractivity contribution is 0.111. The zero-order chi connectivity index (χ0) is 11.5. The first-order chi connectivity index (χ1) is 7.72. The molecule has 1 aliphatic rings. The van der Waals surface area contributed by atoms with Gasteiger partial charge in [-0.2, -0.15) is 0 Å². The summed E-state index contributed by atoms with van der Waals surface area (Å²) in [7, 11) is 0. The molecule has 0 radical (unpaired) electrons. The first kappa shape index (κ1) is 11.6. The van der Waals surface area contributed by atoms with Crippen molar-refractivity contribution in [3.63, 3.8) is 0 Å². The van der Waals surface area contributed by atoms with Crippen LogP contribution in [0.1, 0.15) is 23.7 Å². The van der Waals surface area contributed by atoms with Crippen LogP contribution in [0.2, 0.25) is 0 Å². The third kappa shape index (κ3) is 2.28. The Labute approximate surface area is 98.2 Å².